The fraction of sp³-hybridized carbons (Fsp3) is 0.273. The van der Waals surface area contributed by atoms with Gasteiger partial charge in [-0.25, -0.2) is 4.79 Å². The topological polar surface area (TPSA) is 76.6 Å². The van der Waals surface area contributed by atoms with E-state index < -0.39 is 11.5 Å². The maximum absolute atomic E-state index is 12.3. The van der Waals surface area contributed by atoms with Crippen LogP contribution in [0.1, 0.15) is 40.4 Å². The zero-order valence-corrected chi connectivity index (χ0v) is 22.3. The van der Waals surface area contributed by atoms with E-state index in [9.17, 15) is 14.7 Å². The number of aryl methyl sites for hydroxylation is 1. The summed E-state index contributed by atoms with van der Waals surface area (Å²) in [6, 6.07) is 31.1. The van der Waals surface area contributed by atoms with Crippen LogP contribution in [0.15, 0.2) is 95.8 Å². The average molecular weight is 522 g/mol. The average Bonchev–Trinajstić information content (AvgIpc) is 3.42. The van der Waals surface area contributed by atoms with Gasteiger partial charge in [-0.3, -0.25) is 9.69 Å². The maximum Gasteiger partial charge on any atom is 0.341 e. The minimum atomic E-state index is -1.21. The van der Waals surface area contributed by atoms with E-state index in [2.05, 4.69) is 87.6 Å². The zero-order valence-electron chi connectivity index (χ0n) is 22.3. The number of benzene rings is 3. The van der Waals surface area contributed by atoms with Crippen molar-refractivity contribution in [3.63, 3.8) is 0 Å². The highest BCUT2D eigenvalue weighted by molar-refractivity contribution is 5.88. The van der Waals surface area contributed by atoms with E-state index in [1.165, 1.54) is 22.9 Å². The van der Waals surface area contributed by atoms with Gasteiger partial charge in [0.05, 0.1) is 5.69 Å². The fourth-order valence-electron chi connectivity index (χ4n) is 5.56. The molecule has 0 saturated carbocycles. The molecule has 1 fully saturated rings. The number of aromatic carboxylic acids is 1. The van der Waals surface area contributed by atoms with Crippen molar-refractivity contribution in [1.82, 2.24) is 9.88 Å². The lowest BCUT2D eigenvalue weighted by Gasteiger charge is -2.26. The van der Waals surface area contributed by atoms with Gasteiger partial charge in [0.2, 0.25) is 0 Å². The van der Waals surface area contributed by atoms with Crippen molar-refractivity contribution in [3.05, 3.63) is 124 Å². The van der Waals surface area contributed by atoms with E-state index in [0.717, 1.165) is 50.3 Å². The summed E-state index contributed by atoms with van der Waals surface area (Å²) >= 11 is 0. The quantitative estimate of drug-likeness (QED) is 0.275. The van der Waals surface area contributed by atoms with Crippen LogP contribution in [-0.4, -0.2) is 40.6 Å². The third-order valence-electron chi connectivity index (χ3n) is 7.56. The molecule has 5 rings (SSSR count). The number of hydrogen-bond donors (Lipinski definition) is 2. The number of nitrogens with zero attached hydrogens (tertiary/aromatic N) is 2. The van der Waals surface area contributed by atoms with E-state index in [4.69, 9.17) is 0 Å². The second-order valence-electron chi connectivity index (χ2n) is 10.4. The summed E-state index contributed by atoms with van der Waals surface area (Å²) in [6.07, 6.45) is 1.77. The fourth-order valence-corrected chi connectivity index (χ4v) is 5.56. The Morgan fingerprint density at radius 3 is 2.13 bits per heavy atom. The number of hydrogen-bond acceptors (Lipinski definition) is 4. The number of H-pyrrole nitrogens is 1. The molecule has 0 bridgehead atoms. The standard InChI is InChI=1S/C33H35N3O3/c1-2-27-19-30(33(38)39)32(37)34-31(27)28-13-15-29(16-14-28)36-18-17-26(23-36)22-35(20-24-9-5-3-6-10-24)21-25-11-7-4-8-12-25/h3-16,19,26H,2,17-18,20-23H2,1H3,(H,34,37)(H,38,39). The van der Waals surface area contributed by atoms with Crippen molar-refractivity contribution >= 4 is 11.7 Å². The molecule has 1 atom stereocenters. The third-order valence-corrected chi connectivity index (χ3v) is 7.56. The number of nitrogens with one attached hydrogen (secondary N) is 1. The molecule has 4 aromatic rings. The molecule has 200 valence electrons. The second-order valence-corrected chi connectivity index (χ2v) is 10.4. The molecule has 0 radical (unpaired) electrons. The van der Waals surface area contributed by atoms with Gasteiger partial charge in [0.15, 0.2) is 0 Å². The Morgan fingerprint density at radius 1 is 0.949 bits per heavy atom. The Kier molecular flexibility index (Phi) is 8.23. The number of aromatic amines is 1. The summed E-state index contributed by atoms with van der Waals surface area (Å²) in [5.74, 6) is -0.633. The predicted octanol–water partition coefficient (Wildman–Crippen LogP) is 5.83. The molecule has 3 aromatic carbocycles. The highest BCUT2D eigenvalue weighted by Gasteiger charge is 2.25. The van der Waals surface area contributed by atoms with Crippen LogP contribution in [0, 0.1) is 5.92 Å². The van der Waals surface area contributed by atoms with Gasteiger partial charge in [-0.2, -0.15) is 0 Å². The molecular formula is C33H35N3O3. The zero-order chi connectivity index (χ0) is 27.2. The van der Waals surface area contributed by atoms with Gasteiger partial charge < -0.3 is 15.0 Å². The highest BCUT2D eigenvalue weighted by Crippen LogP contribution is 2.29. The van der Waals surface area contributed by atoms with Crippen LogP contribution in [0.2, 0.25) is 0 Å². The predicted molar refractivity (Wildman–Crippen MR) is 156 cm³/mol. The third kappa shape index (κ3) is 6.47. The first-order valence-corrected chi connectivity index (χ1v) is 13.6. The molecule has 1 aromatic heterocycles. The van der Waals surface area contributed by atoms with Gasteiger partial charge in [-0.05, 0) is 59.2 Å². The van der Waals surface area contributed by atoms with Gasteiger partial charge in [0.25, 0.3) is 5.56 Å². The first-order chi connectivity index (χ1) is 19.0. The maximum atomic E-state index is 12.3. The molecule has 6 nitrogen and oxygen atoms in total. The first-order valence-electron chi connectivity index (χ1n) is 13.6. The Hall–Kier alpha value is -4.16. The lowest BCUT2D eigenvalue weighted by molar-refractivity contribution is 0.0695. The molecule has 39 heavy (non-hydrogen) atoms. The van der Waals surface area contributed by atoms with Gasteiger partial charge in [0, 0.05) is 38.4 Å². The van der Waals surface area contributed by atoms with E-state index >= 15 is 0 Å². The number of aromatic nitrogens is 1. The molecule has 0 amide bonds. The Labute approximate surface area is 229 Å². The highest BCUT2D eigenvalue weighted by atomic mass is 16.4. The minimum absolute atomic E-state index is 0.219. The van der Waals surface area contributed by atoms with Crippen LogP contribution in [0.5, 0.6) is 0 Å². The number of rotatable bonds is 10. The largest absolute Gasteiger partial charge is 0.477 e. The lowest BCUT2D eigenvalue weighted by atomic mass is 10.0. The first kappa shape index (κ1) is 26.4. The molecule has 0 aliphatic carbocycles. The normalized spacial score (nSPS) is 15.1. The monoisotopic (exact) mass is 521 g/mol. The summed E-state index contributed by atoms with van der Waals surface area (Å²) in [6.45, 7) is 6.87. The van der Waals surface area contributed by atoms with Crippen molar-refractivity contribution in [2.24, 2.45) is 5.92 Å². The van der Waals surface area contributed by atoms with Gasteiger partial charge in [-0.1, -0.05) is 79.7 Å². The van der Waals surface area contributed by atoms with Crippen molar-refractivity contribution in [1.29, 1.82) is 0 Å². The van der Waals surface area contributed by atoms with Gasteiger partial charge in [-0.15, -0.1) is 0 Å². The Bertz CT molecular complexity index is 1410. The number of carbonyl (C=O) groups is 1. The lowest BCUT2D eigenvalue weighted by Crippen LogP contribution is -2.30. The smallest absolute Gasteiger partial charge is 0.341 e. The summed E-state index contributed by atoms with van der Waals surface area (Å²) in [7, 11) is 0. The van der Waals surface area contributed by atoms with Gasteiger partial charge >= 0.3 is 5.97 Å². The molecule has 1 aliphatic rings. The molecule has 6 heteroatoms. The summed E-state index contributed by atoms with van der Waals surface area (Å²) in [4.78, 5) is 31.5. The molecule has 1 aliphatic heterocycles. The Balaban J connectivity index is 1.27. The van der Waals surface area contributed by atoms with Crippen LogP contribution >= 0.6 is 0 Å². The van der Waals surface area contributed by atoms with E-state index in [-0.39, 0.29) is 5.56 Å². The summed E-state index contributed by atoms with van der Waals surface area (Å²) < 4.78 is 0. The van der Waals surface area contributed by atoms with Crippen molar-refractivity contribution in [3.8, 4) is 11.3 Å². The SMILES string of the molecule is CCc1cc(C(=O)O)c(=O)[nH]c1-c1ccc(N2CCC(CN(Cc3ccccc3)Cc3ccccc3)C2)cc1. The van der Waals surface area contributed by atoms with Crippen LogP contribution in [0.25, 0.3) is 11.3 Å². The van der Waals surface area contributed by atoms with E-state index in [1.807, 2.05) is 19.1 Å². The van der Waals surface area contributed by atoms with Crippen LogP contribution < -0.4 is 10.5 Å². The number of carboxylic acids is 1. The van der Waals surface area contributed by atoms with Crippen LogP contribution in [0.3, 0.4) is 0 Å². The number of carboxylic acid groups (broad SMARTS) is 1. The van der Waals surface area contributed by atoms with Crippen molar-refractivity contribution in [2.45, 2.75) is 32.9 Å². The molecule has 1 saturated heterocycles. The molecule has 1 unspecified atom stereocenters. The molecule has 2 N–H and O–H groups in total. The second kappa shape index (κ2) is 12.1. The molecule has 2 heterocycles. The Morgan fingerprint density at radius 2 is 1.56 bits per heavy atom. The van der Waals surface area contributed by atoms with Crippen molar-refractivity contribution in [2.75, 3.05) is 24.5 Å². The molecule has 0 spiro atoms. The van der Waals surface area contributed by atoms with E-state index in [0.29, 0.717) is 18.0 Å². The van der Waals surface area contributed by atoms with Crippen LogP contribution in [0.4, 0.5) is 5.69 Å². The summed E-state index contributed by atoms with van der Waals surface area (Å²) in [5.41, 5.74) is 5.44. The summed E-state index contributed by atoms with van der Waals surface area (Å²) in [5, 5.41) is 9.30. The molecular weight excluding hydrogens is 486 g/mol. The van der Waals surface area contributed by atoms with E-state index in [1.54, 1.807) is 0 Å². The van der Waals surface area contributed by atoms with Crippen LogP contribution in [-0.2, 0) is 19.5 Å². The van der Waals surface area contributed by atoms with Crippen molar-refractivity contribution < 1.29 is 9.90 Å². The number of anilines is 1. The minimum Gasteiger partial charge on any atom is -0.477 e. The number of pyridine rings is 1. The van der Waals surface area contributed by atoms with Gasteiger partial charge in [0.1, 0.15) is 5.56 Å².